The van der Waals surface area contributed by atoms with E-state index < -0.39 is 5.91 Å². The van der Waals surface area contributed by atoms with Crippen LogP contribution in [-0.4, -0.2) is 15.9 Å². The number of imidazole rings is 1. The van der Waals surface area contributed by atoms with Crippen LogP contribution < -0.4 is 11.2 Å². The van der Waals surface area contributed by atoms with Crippen LogP contribution in [0.25, 0.3) is 0 Å². The molecule has 2 aromatic heterocycles. The highest BCUT2D eigenvalue weighted by molar-refractivity contribution is 7.09. The van der Waals surface area contributed by atoms with Crippen molar-refractivity contribution in [3.05, 3.63) is 34.4 Å². The molecule has 8 heteroatoms. The topological polar surface area (TPSA) is 109 Å². The number of H-pyrrole nitrogens is 1. The SMILES string of the molecule is NC(=O)c1[nH]cnc1NN=NCc1cccs1. The quantitative estimate of drug-likeness (QED) is 0.553. The average molecular weight is 250 g/mol. The monoisotopic (exact) mass is 250 g/mol. The van der Waals surface area contributed by atoms with Crippen molar-refractivity contribution in [1.82, 2.24) is 9.97 Å². The molecule has 0 aromatic carbocycles. The molecule has 7 nitrogen and oxygen atoms in total. The van der Waals surface area contributed by atoms with Crippen molar-refractivity contribution in [1.29, 1.82) is 0 Å². The Morgan fingerprint density at radius 2 is 2.53 bits per heavy atom. The summed E-state index contributed by atoms with van der Waals surface area (Å²) >= 11 is 1.60. The minimum atomic E-state index is -0.599. The third-order valence-electron chi connectivity index (χ3n) is 1.92. The van der Waals surface area contributed by atoms with Gasteiger partial charge in [0, 0.05) is 4.88 Å². The van der Waals surface area contributed by atoms with Gasteiger partial charge in [0.1, 0.15) is 5.69 Å². The molecule has 0 fully saturated rings. The van der Waals surface area contributed by atoms with Crippen LogP contribution in [0.4, 0.5) is 5.82 Å². The second-order valence-electron chi connectivity index (χ2n) is 3.08. The maximum Gasteiger partial charge on any atom is 0.269 e. The molecule has 0 saturated carbocycles. The minimum absolute atomic E-state index is 0.181. The molecule has 4 N–H and O–H groups in total. The van der Waals surface area contributed by atoms with Gasteiger partial charge in [0.05, 0.1) is 12.9 Å². The zero-order valence-electron chi connectivity index (χ0n) is 8.75. The fourth-order valence-corrected chi connectivity index (χ4v) is 1.78. The van der Waals surface area contributed by atoms with Crippen molar-refractivity contribution < 1.29 is 4.79 Å². The number of carbonyl (C=O) groups excluding carboxylic acids is 1. The summed E-state index contributed by atoms with van der Waals surface area (Å²) in [4.78, 5) is 18.5. The van der Waals surface area contributed by atoms with E-state index in [1.54, 1.807) is 11.3 Å². The number of aromatic amines is 1. The third kappa shape index (κ3) is 2.88. The second-order valence-corrected chi connectivity index (χ2v) is 4.11. The number of hydrogen-bond acceptors (Lipinski definition) is 5. The summed E-state index contributed by atoms with van der Waals surface area (Å²) in [6.45, 7) is 0.487. The Labute approximate surface area is 101 Å². The lowest BCUT2D eigenvalue weighted by molar-refractivity contribution is 0.0997. The highest BCUT2D eigenvalue weighted by Gasteiger charge is 2.09. The number of nitrogens with zero attached hydrogens (tertiary/aromatic N) is 3. The summed E-state index contributed by atoms with van der Waals surface area (Å²) in [5, 5.41) is 9.60. The van der Waals surface area contributed by atoms with E-state index in [1.165, 1.54) is 6.33 Å². The highest BCUT2D eigenvalue weighted by atomic mass is 32.1. The van der Waals surface area contributed by atoms with Crippen molar-refractivity contribution >= 4 is 23.1 Å². The Bertz CT molecular complexity index is 517. The molecule has 2 rings (SSSR count). The van der Waals surface area contributed by atoms with E-state index in [-0.39, 0.29) is 11.5 Å². The standard InChI is InChI=1S/C9H10N6OS/c10-8(16)7-9(12-5-11-7)14-15-13-4-6-2-1-3-17-6/h1-3,5H,4H2,(H2,10,16)(H,11,12)(H,13,14). The molecule has 2 heterocycles. The van der Waals surface area contributed by atoms with Crippen LogP contribution in [0.5, 0.6) is 0 Å². The van der Waals surface area contributed by atoms with Crippen molar-refractivity contribution in [3.8, 4) is 0 Å². The number of primary amides is 1. The molecule has 0 radical (unpaired) electrons. The molecule has 88 valence electrons. The van der Waals surface area contributed by atoms with Gasteiger partial charge in [-0.1, -0.05) is 11.3 Å². The van der Waals surface area contributed by atoms with E-state index in [2.05, 4.69) is 25.7 Å². The van der Waals surface area contributed by atoms with Crippen LogP contribution in [0.1, 0.15) is 15.4 Å². The number of carbonyl (C=O) groups is 1. The van der Waals surface area contributed by atoms with E-state index in [4.69, 9.17) is 5.73 Å². The molecule has 0 bridgehead atoms. The van der Waals surface area contributed by atoms with Gasteiger partial charge in [-0.3, -0.25) is 4.79 Å². The van der Waals surface area contributed by atoms with Crippen LogP contribution in [0, 0.1) is 0 Å². The van der Waals surface area contributed by atoms with Gasteiger partial charge < -0.3 is 10.7 Å². The molecular formula is C9H10N6OS. The number of hydrogen-bond donors (Lipinski definition) is 3. The van der Waals surface area contributed by atoms with E-state index >= 15 is 0 Å². The Morgan fingerprint density at radius 1 is 1.65 bits per heavy atom. The normalized spacial score (nSPS) is 10.8. The first-order valence-corrected chi connectivity index (χ1v) is 5.63. The maximum absolute atomic E-state index is 10.9. The lowest BCUT2D eigenvalue weighted by Gasteiger charge is -1.95. The fraction of sp³-hybridized carbons (Fsp3) is 0.111. The Morgan fingerprint density at radius 3 is 3.24 bits per heavy atom. The first-order chi connectivity index (χ1) is 8.27. The second kappa shape index (κ2) is 5.21. The van der Waals surface area contributed by atoms with Gasteiger partial charge in [0.15, 0.2) is 5.82 Å². The zero-order chi connectivity index (χ0) is 12.1. The van der Waals surface area contributed by atoms with Crippen LogP contribution in [0.15, 0.2) is 34.2 Å². The smallest absolute Gasteiger partial charge is 0.269 e. The Hall–Kier alpha value is -2.22. The van der Waals surface area contributed by atoms with E-state index in [0.717, 1.165) is 4.88 Å². The van der Waals surface area contributed by atoms with Gasteiger partial charge in [0.2, 0.25) is 0 Å². The van der Waals surface area contributed by atoms with Crippen molar-refractivity contribution in [3.63, 3.8) is 0 Å². The summed E-state index contributed by atoms with van der Waals surface area (Å²) < 4.78 is 0. The van der Waals surface area contributed by atoms with Crippen LogP contribution in [0.3, 0.4) is 0 Å². The number of rotatable bonds is 5. The summed E-state index contributed by atoms with van der Waals surface area (Å²) in [7, 11) is 0. The summed E-state index contributed by atoms with van der Waals surface area (Å²) in [5.41, 5.74) is 7.86. The fourth-order valence-electron chi connectivity index (χ4n) is 1.16. The van der Waals surface area contributed by atoms with Gasteiger partial charge in [-0.25, -0.2) is 10.4 Å². The van der Waals surface area contributed by atoms with Gasteiger partial charge in [0.25, 0.3) is 5.91 Å². The third-order valence-corrected chi connectivity index (χ3v) is 2.78. The molecule has 17 heavy (non-hydrogen) atoms. The molecule has 0 aliphatic carbocycles. The molecular weight excluding hydrogens is 240 g/mol. The van der Waals surface area contributed by atoms with E-state index in [0.29, 0.717) is 6.54 Å². The number of nitrogens with two attached hydrogens (primary N) is 1. The van der Waals surface area contributed by atoms with Gasteiger partial charge >= 0.3 is 0 Å². The van der Waals surface area contributed by atoms with E-state index in [9.17, 15) is 4.79 Å². The first kappa shape index (κ1) is 11.3. The number of thiophene rings is 1. The van der Waals surface area contributed by atoms with Gasteiger partial charge in [-0.05, 0) is 11.4 Å². The van der Waals surface area contributed by atoms with Crippen molar-refractivity contribution in [2.45, 2.75) is 6.54 Å². The first-order valence-electron chi connectivity index (χ1n) is 4.75. The maximum atomic E-state index is 10.9. The number of amides is 1. The predicted molar refractivity (Wildman–Crippen MR) is 63.6 cm³/mol. The molecule has 0 unspecified atom stereocenters. The average Bonchev–Trinajstić information content (AvgIpc) is 2.95. The molecule has 0 aliphatic heterocycles. The van der Waals surface area contributed by atoms with Crippen molar-refractivity contribution in [2.75, 3.05) is 5.43 Å². The van der Waals surface area contributed by atoms with Gasteiger partial charge in [-0.15, -0.1) is 11.3 Å². The number of nitrogens with one attached hydrogen (secondary N) is 2. The molecule has 1 amide bonds. The molecule has 0 aliphatic rings. The summed E-state index contributed by atoms with van der Waals surface area (Å²) in [6, 6.07) is 3.91. The number of aromatic nitrogens is 2. The summed E-state index contributed by atoms with van der Waals surface area (Å²) in [5.74, 6) is -0.328. The lowest BCUT2D eigenvalue weighted by atomic mass is 10.4. The van der Waals surface area contributed by atoms with Crippen LogP contribution >= 0.6 is 11.3 Å². The lowest BCUT2D eigenvalue weighted by Crippen LogP contribution is -2.13. The summed E-state index contributed by atoms with van der Waals surface area (Å²) in [6.07, 6.45) is 1.36. The number of anilines is 1. The van der Waals surface area contributed by atoms with E-state index in [1.807, 2.05) is 17.5 Å². The molecule has 0 saturated heterocycles. The highest BCUT2D eigenvalue weighted by Crippen LogP contribution is 2.11. The zero-order valence-corrected chi connectivity index (χ0v) is 9.57. The Balaban J connectivity index is 1.91. The largest absolute Gasteiger partial charge is 0.364 e. The Kier molecular flexibility index (Phi) is 3.46. The van der Waals surface area contributed by atoms with Crippen LogP contribution in [-0.2, 0) is 6.54 Å². The predicted octanol–water partition coefficient (Wildman–Crippen LogP) is 1.55. The van der Waals surface area contributed by atoms with Gasteiger partial charge in [-0.2, -0.15) is 5.11 Å². The molecule has 2 aromatic rings. The van der Waals surface area contributed by atoms with Crippen LogP contribution in [0.2, 0.25) is 0 Å². The van der Waals surface area contributed by atoms with Crippen molar-refractivity contribution in [2.24, 2.45) is 16.1 Å². The minimum Gasteiger partial charge on any atom is -0.364 e. The molecule has 0 spiro atoms. The molecule has 0 atom stereocenters.